The molecule has 0 radical (unpaired) electrons. The van der Waals surface area contributed by atoms with Crippen LogP contribution in [0, 0.1) is 5.92 Å². The summed E-state index contributed by atoms with van der Waals surface area (Å²) in [5.74, 6) is 0.290. The first-order valence-electron chi connectivity index (χ1n) is 6.41. The topological polar surface area (TPSA) is 72.5 Å². The van der Waals surface area contributed by atoms with Crippen LogP contribution in [0.3, 0.4) is 0 Å². The summed E-state index contributed by atoms with van der Waals surface area (Å²) in [4.78, 5) is 12.1. The van der Waals surface area contributed by atoms with Gasteiger partial charge in [-0.15, -0.1) is 11.3 Å². The van der Waals surface area contributed by atoms with Crippen molar-refractivity contribution >= 4 is 37.0 Å². The predicted octanol–water partition coefficient (Wildman–Crippen LogP) is 1.97. The molecule has 1 aliphatic heterocycles. The summed E-state index contributed by atoms with van der Waals surface area (Å²) >= 11 is 0.950. The van der Waals surface area contributed by atoms with Crippen LogP contribution < -0.4 is 5.32 Å². The third-order valence-corrected chi connectivity index (χ3v) is 6.66. The molecule has 2 fully saturated rings. The Morgan fingerprint density at radius 1 is 1.40 bits per heavy atom. The van der Waals surface area contributed by atoms with Gasteiger partial charge in [-0.3, -0.25) is 4.79 Å². The van der Waals surface area contributed by atoms with Gasteiger partial charge in [0.25, 0.3) is 15.0 Å². The summed E-state index contributed by atoms with van der Waals surface area (Å²) in [5, 5.41) is 4.44. The molecule has 0 spiro atoms. The lowest BCUT2D eigenvalue weighted by molar-refractivity contribution is 0.0730. The van der Waals surface area contributed by atoms with Crippen LogP contribution in [0.2, 0.25) is 0 Å². The molecule has 20 heavy (non-hydrogen) atoms. The molecular formula is C12H14ClNO4S2. The average molecular weight is 336 g/mol. The summed E-state index contributed by atoms with van der Waals surface area (Å²) in [7, 11) is 1.48. The largest absolute Gasteiger partial charge is 0.376 e. The lowest BCUT2D eigenvalue weighted by Crippen LogP contribution is -2.41. The Balaban J connectivity index is 1.68. The number of hydrogen-bond acceptors (Lipinski definition) is 5. The fraction of sp³-hybridized carbons (Fsp3) is 0.583. The van der Waals surface area contributed by atoms with Gasteiger partial charge < -0.3 is 10.1 Å². The molecule has 3 rings (SSSR count). The lowest BCUT2D eigenvalue weighted by Gasteiger charge is -2.19. The second-order valence-corrected chi connectivity index (χ2v) is 8.84. The van der Waals surface area contributed by atoms with Gasteiger partial charge in [-0.25, -0.2) is 8.42 Å². The van der Waals surface area contributed by atoms with Crippen LogP contribution in [0.4, 0.5) is 0 Å². The van der Waals surface area contributed by atoms with Crippen molar-refractivity contribution in [3.63, 3.8) is 0 Å². The monoisotopic (exact) mass is 335 g/mol. The normalized spacial score (nSPS) is 26.6. The minimum atomic E-state index is -3.77. The molecule has 1 aliphatic carbocycles. The number of thiophene rings is 1. The minimum absolute atomic E-state index is 0.00858. The van der Waals surface area contributed by atoms with Gasteiger partial charge in [0.1, 0.15) is 4.21 Å². The van der Waals surface area contributed by atoms with E-state index >= 15 is 0 Å². The number of halogens is 1. The highest BCUT2D eigenvalue weighted by atomic mass is 35.7. The van der Waals surface area contributed by atoms with Gasteiger partial charge in [0.05, 0.1) is 17.7 Å². The summed E-state index contributed by atoms with van der Waals surface area (Å²) < 4.78 is 28.0. The van der Waals surface area contributed by atoms with Crippen LogP contribution in [-0.4, -0.2) is 33.1 Å². The molecule has 2 unspecified atom stereocenters. The first-order chi connectivity index (χ1) is 9.45. The fourth-order valence-electron chi connectivity index (χ4n) is 2.47. The van der Waals surface area contributed by atoms with Crippen LogP contribution in [0.15, 0.2) is 15.7 Å². The van der Waals surface area contributed by atoms with Crippen LogP contribution >= 0.6 is 22.0 Å². The van der Waals surface area contributed by atoms with E-state index in [0.717, 1.165) is 30.6 Å². The van der Waals surface area contributed by atoms with Crippen molar-refractivity contribution < 1.29 is 17.9 Å². The van der Waals surface area contributed by atoms with E-state index in [-0.39, 0.29) is 22.3 Å². The maximum atomic E-state index is 12.1. The molecule has 2 atom stereocenters. The van der Waals surface area contributed by atoms with E-state index in [1.165, 1.54) is 11.4 Å². The van der Waals surface area contributed by atoms with E-state index in [2.05, 4.69) is 5.32 Å². The van der Waals surface area contributed by atoms with Gasteiger partial charge in [-0.2, -0.15) is 0 Å². The molecule has 1 amide bonds. The molecule has 5 nitrogen and oxygen atoms in total. The summed E-state index contributed by atoms with van der Waals surface area (Å²) in [6, 6.07) is 1.33. The fourth-order valence-corrected chi connectivity index (χ4v) is 4.42. The maximum Gasteiger partial charge on any atom is 0.270 e. The summed E-state index contributed by atoms with van der Waals surface area (Å²) in [6.45, 7) is 0.664. The summed E-state index contributed by atoms with van der Waals surface area (Å²) in [6.07, 6.45) is 3.22. The lowest BCUT2D eigenvalue weighted by atomic mass is 10.1. The Bertz CT molecular complexity index is 623. The van der Waals surface area contributed by atoms with Gasteiger partial charge in [0.2, 0.25) is 0 Å². The predicted molar refractivity (Wildman–Crippen MR) is 75.7 cm³/mol. The molecule has 8 heteroatoms. The van der Waals surface area contributed by atoms with E-state index in [4.69, 9.17) is 15.4 Å². The molecule has 1 saturated carbocycles. The Hall–Kier alpha value is -0.630. The van der Waals surface area contributed by atoms with Crippen molar-refractivity contribution in [3.8, 4) is 0 Å². The van der Waals surface area contributed by atoms with Gasteiger partial charge in [-0.1, -0.05) is 0 Å². The zero-order valence-electron chi connectivity index (χ0n) is 10.5. The molecule has 0 bridgehead atoms. The third kappa shape index (κ3) is 3.00. The Kier molecular flexibility index (Phi) is 3.79. The SMILES string of the molecule is O=C(NC1CCOC1C1CC1)c1csc(S(=O)(=O)Cl)c1. The quantitative estimate of drug-likeness (QED) is 0.854. The highest BCUT2D eigenvalue weighted by molar-refractivity contribution is 8.15. The van der Waals surface area contributed by atoms with Crippen LogP contribution in [0.5, 0.6) is 0 Å². The first-order valence-corrected chi connectivity index (χ1v) is 9.60. The molecule has 1 N–H and O–H groups in total. The van der Waals surface area contributed by atoms with E-state index in [0.29, 0.717) is 18.1 Å². The van der Waals surface area contributed by atoms with Crippen LogP contribution in [0.1, 0.15) is 29.6 Å². The maximum absolute atomic E-state index is 12.1. The van der Waals surface area contributed by atoms with Gasteiger partial charge in [-0.05, 0) is 31.2 Å². The first kappa shape index (κ1) is 14.3. The van der Waals surface area contributed by atoms with Crippen molar-refractivity contribution in [2.75, 3.05) is 6.61 Å². The molecule has 1 aromatic heterocycles. The van der Waals surface area contributed by atoms with Crippen LogP contribution in [-0.2, 0) is 13.8 Å². The van der Waals surface area contributed by atoms with Crippen molar-refractivity contribution in [2.45, 2.75) is 35.6 Å². The number of nitrogens with one attached hydrogen (secondary N) is 1. The molecular weight excluding hydrogens is 322 g/mol. The van der Waals surface area contributed by atoms with E-state index in [1.54, 1.807) is 0 Å². The zero-order chi connectivity index (χ0) is 14.3. The molecule has 2 aliphatic rings. The van der Waals surface area contributed by atoms with Gasteiger partial charge in [0, 0.05) is 22.7 Å². The molecule has 110 valence electrons. The second-order valence-electron chi connectivity index (χ2n) is 5.13. The smallest absolute Gasteiger partial charge is 0.270 e. The Morgan fingerprint density at radius 3 is 2.75 bits per heavy atom. The van der Waals surface area contributed by atoms with Gasteiger partial charge in [0.15, 0.2) is 0 Å². The standard InChI is InChI=1S/C12H14ClNO4S2/c13-20(16,17)10-5-8(6-19-10)12(15)14-9-3-4-18-11(9)7-1-2-7/h5-7,9,11H,1-4H2,(H,14,15). The number of hydrogen-bond donors (Lipinski definition) is 1. The van der Waals surface area contributed by atoms with Crippen molar-refractivity contribution in [1.82, 2.24) is 5.32 Å². The number of ether oxygens (including phenoxy) is 1. The second kappa shape index (κ2) is 5.29. The third-order valence-electron chi connectivity index (χ3n) is 3.62. The van der Waals surface area contributed by atoms with Crippen molar-refractivity contribution in [2.24, 2.45) is 5.92 Å². The number of carbonyl (C=O) groups is 1. The average Bonchev–Trinajstić information content (AvgIpc) is 2.91. The molecule has 1 aromatic rings. The highest BCUT2D eigenvalue weighted by Gasteiger charge is 2.41. The number of carbonyl (C=O) groups excluding carboxylic acids is 1. The molecule has 1 saturated heterocycles. The highest BCUT2D eigenvalue weighted by Crippen LogP contribution is 2.38. The summed E-state index contributed by atoms with van der Waals surface area (Å²) in [5.41, 5.74) is 0.329. The molecule has 2 heterocycles. The zero-order valence-corrected chi connectivity index (χ0v) is 12.9. The Morgan fingerprint density at radius 2 is 2.15 bits per heavy atom. The van der Waals surface area contributed by atoms with E-state index in [1.807, 2.05) is 0 Å². The van der Waals surface area contributed by atoms with Crippen LogP contribution in [0.25, 0.3) is 0 Å². The molecule has 0 aromatic carbocycles. The number of amides is 1. The number of rotatable bonds is 4. The van der Waals surface area contributed by atoms with E-state index in [9.17, 15) is 13.2 Å². The van der Waals surface area contributed by atoms with Crippen molar-refractivity contribution in [1.29, 1.82) is 0 Å². The van der Waals surface area contributed by atoms with E-state index < -0.39 is 9.05 Å². The Labute approximate surface area is 125 Å². The van der Waals surface area contributed by atoms with Gasteiger partial charge >= 0.3 is 0 Å². The van der Waals surface area contributed by atoms with Crippen molar-refractivity contribution in [3.05, 3.63) is 17.0 Å². The minimum Gasteiger partial charge on any atom is -0.376 e.